The van der Waals surface area contributed by atoms with Gasteiger partial charge in [0, 0.05) is 29.9 Å². The van der Waals surface area contributed by atoms with E-state index in [1.54, 1.807) is 29.2 Å². The van der Waals surface area contributed by atoms with Crippen LogP contribution in [0.2, 0.25) is 0 Å². The normalized spacial score (nSPS) is 14.0. The molecule has 1 saturated heterocycles. The van der Waals surface area contributed by atoms with Crippen molar-refractivity contribution in [2.24, 2.45) is 0 Å². The van der Waals surface area contributed by atoms with Gasteiger partial charge in [-0.1, -0.05) is 0 Å². The molecule has 6 nitrogen and oxygen atoms in total. The highest BCUT2D eigenvalue weighted by atomic mass is 19.4. The SMILES string of the molecule is O=C(CNC(=O)c1ccc(C(F)(F)F)cc1)Nc1ccc(N2CCCC2=O)cc1. The number of carbonyl (C=O) groups is 3. The molecule has 0 radical (unpaired) electrons. The van der Waals surface area contributed by atoms with Crippen molar-refractivity contribution in [1.82, 2.24) is 5.32 Å². The molecule has 1 heterocycles. The predicted octanol–water partition coefficient (Wildman–Crippen LogP) is 3.20. The molecule has 1 fully saturated rings. The number of carbonyl (C=O) groups excluding carboxylic acids is 3. The fourth-order valence-corrected chi connectivity index (χ4v) is 2.92. The summed E-state index contributed by atoms with van der Waals surface area (Å²) in [7, 11) is 0. The van der Waals surface area contributed by atoms with Gasteiger partial charge in [-0.2, -0.15) is 13.2 Å². The molecule has 0 aliphatic carbocycles. The number of hydrogen-bond acceptors (Lipinski definition) is 3. The molecule has 2 N–H and O–H groups in total. The van der Waals surface area contributed by atoms with E-state index in [4.69, 9.17) is 0 Å². The van der Waals surface area contributed by atoms with Crippen LogP contribution in [0.3, 0.4) is 0 Å². The Morgan fingerprint density at radius 3 is 2.21 bits per heavy atom. The van der Waals surface area contributed by atoms with Crippen LogP contribution in [0.15, 0.2) is 48.5 Å². The minimum atomic E-state index is -4.48. The molecule has 1 aliphatic rings. The first-order valence-electron chi connectivity index (χ1n) is 8.90. The molecular weight excluding hydrogens is 387 g/mol. The summed E-state index contributed by atoms with van der Waals surface area (Å²) in [4.78, 5) is 37.4. The van der Waals surface area contributed by atoms with Gasteiger partial charge in [-0.3, -0.25) is 14.4 Å². The molecule has 0 saturated carbocycles. The fourth-order valence-electron chi connectivity index (χ4n) is 2.92. The molecule has 0 atom stereocenters. The zero-order valence-electron chi connectivity index (χ0n) is 15.3. The second-order valence-corrected chi connectivity index (χ2v) is 6.50. The lowest BCUT2D eigenvalue weighted by atomic mass is 10.1. The molecule has 0 unspecified atom stereocenters. The summed E-state index contributed by atoms with van der Waals surface area (Å²) in [5.41, 5.74) is 0.409. The van der Waals surface area contributed by atoms with E-state index in [-0.39, 0.29) is 18.0 Å². The van der Waals surface area contributed by atoms with Gasteiger partial charge in [0.2, 0.25) is 11.8 Å². The van der Waals surface area contributed by atoms with Crippen molar-refractivity contribution < 1.29 is 27.6 Å². The fraction of sp³-hybridized carbons (Fsp3) is 0.250. The first kappa shape index (κ1) is 20.4. The van der Waals surface area contributed by atoms with Crippen molar-refractivity contribution in [3.63, 3.8) is 0 Å². The monoisotopic (exact) mass is 405 g/mol. The van der Waals surface area contributed by atoms with Crippen LogP contribution in [0.5, 0.6) is 0 Å². The Kier molecular flexibility index (Phi) is 5.86. The molecule has 1 aliphatic heterocycles. The second-order valence-electron chi connectivity index (χ2n) is 6.50. The van der Waals surface area contributed by atoms with Gasteiger partial charge in [0.15, 0.2) is 0 Å². The quantitative estimate of drug-likeness (QED) is 0.802. The smallest absolute Gasteiger partial charge is 0.343 e. The molecule has 2 aromatic carbocycles. The minimum absolute atomic E-state index is 0.0189. The van der Waals surface area contributed by atoms with Gasteiger partial charge in [-0.15, -0.1) is 0 Å². The van der Waals surface area contributed by atoms with Crippen molar-refractivity contribution in [1.29, 1.82) is 0 Å². The highest BCUT2D eigenvalue weighted by Crippen LogP contribution is 2.29. The summed E-state index contributed by atoms with van der Waals surface area (Å²) >= 11 is 0. The molecule has 0 aromatic heterocycles. The maximum absolute atomic E-state index is 12.5. The van der Waals surface area contributed by atoms with Crippen LogP contribution in [0, 0.1) is 0 Å². The van der Waals surface area contributed by atoms with Crippen LogP contribution in [-0.4, -0.2) is 30.8 Å². The van der Waals surface area contributed by atoms with Crippen LogP contribution in [0.1, 0.15) is 28.8 Å². The van der Waals surface area contributed by atoms with E-state index in [9.17, 15) is 27.6 Å². The van der Waals surface area contributed by atoms with Crippen molar-refractivity contribution in [3.8, 4) is 0 Å². The molecule has 0 bridgehead atoms. The Morgan fingerprint density at radius 1 is 1.00 bits per heavy atom. The van der Waals surface area contributed by atoms with Crippen molar-refractivity contribution in [3.05, 3.63) is 59.7 Å². The number of benzene rings is 2. The maximum atomic E-state index is 12.5. The first-order chi connectivity index (χ1) is 13.7. The number of nitrogens with zero attached hydrogens (tertiary/aromatic N) is 1. The number of hydrogen-bond donors (Lipinski definition) is 2. The average molecular weight is 405 g/mol. The average Bonchev–Trinajstić information content (AvgIpc) is 3.12. The third kappa shape index (κ3) is 5.13. The van der Waals surface area contributed by atoms with Gasteiger partial charge in [-0.05, 0) is 55.0 Å². The molecule has 3 amide bonds. The second kappa shape index (κ2) is 8.34. The number of halogens is 3. The van der Waals surface area contributed by atoms with Gasteiger partial charge in [0.05, 0.1) is 12.1 Å². The lowest BCUT2D eigenvalue weighted by Crippen LogP contribution is -2.32. The van der Waals surface area contributed by atoms with E-state index in [0.29, 0.717) is 18.7 Å². The van der Waals surface area contributed by atoms with Gasteiger partial charge in [0.1, 0.15) is 0 Å². The van der Waals surface area contributed by atoms with E-state index in [1.165, 1.54) is 0 Å². The largest absolute Gasteiger partial charge is 0.416 e. The highest BCUT2D eigenvalue weighted by molar-refractivity contribution is 5.99. The first-order valence-corrected chi connectivity index (χ1v) is 8.90. The highest BCUT2D eigenvalue weighted by Gasteiger charge is 2.30. The molecular formula is C20H18F3N3O3. The molecule has 29 heavy (non-hydrogen) atoms. The van der Waals surface area contributed by atoms with Gasteiger partial charge in [0.25, 0.3) is 5.91 Å². The number of anilines is 2. The Morgan fingerprint density at radius 2 is 1.66 bits per heavy atom. The topological polar surface area (TPSA) is 78.5 Å². The summed E-state index contributed by atoms with van der Waals surface area (Å²) in [6.07, 6.45) is -3.14. The van der Waals surface area contributed by atoms with E-state index in [2.05, 4.69) is 10.6 Å². The zero-order chi connectivity index (χ0) is 21.0. The summed E-state index contributed by atoms with van der Waals surface area (Å²) < 4.78 is 37.6. The van der Waals surface area contributed by atoms with Gasteiger partial charge in [-0.25, -0.2) is 0 Å². The molecule has 0 spiro atoms. The van der Waals surface area contributed by atoms with Crippen molar-refractivity contribution in [2.75, 3.05) is 23.3 Å². The maximum Gasteiger partial charge on any atom is 0.416 e. The molecule has 9 heteroatoms. The van der Waals surface area contributed by atoms with Crippen LogP contribution in [0.25, 0.3) is 0 Å². The van der Waals surface area contributed by atoms with Crippen LogP contribution in [0.4, 0.5) is 24.5 Å². The Hall–Kier alpha value is -3.36. The third-order valence-electron chi connectivity index (χ3n) is 4.42. The van der Waals surface area contributed by atoms with Crippen LogP contribution >= 0.6 is 0 Å². The zero-order valence-corrected chi connectivity index (χ0v) is 15.3. The van der Waals surface area contributed by atoms with E-state index >= 15 is 0 Å². The Balaban J connectivity index is 1.50. The number of alkyl halides is 3. The van der Waals surface area contributed by atoms with Crippen LogP contribution in [-0.2, 0) is 15.8 Å². The third-order valence-corrected chi connectivity index (χ3v) is 4.42. The molecule has 152 valence electrons. The number of rotatable bonds is 5. The van der Waals surface area contributed by atoms with Crippen LogP contribution < -0.4 is 15.5 Å². The Bertz CT molecular complexity index is 909. The summed E-state index contributed by atoms with van der Waals surface area (Å²) in [5.74, 6) is -1.08. The predicted molar refractivity (Wildman–Crippen MR) is 100 cm³/mol. The number of nitrogens with one attached hydrogen (secondary N) is 2. The molecule has 3 rings (SSSR count). The van der Waals surface area contributed by atoms with E-state index < -0.39 is 23.6 Å². The van der Waals surface area contributed by atoms with E-state index in [0.717, 1.165) is 36.4 Å². The minimum Gasteiger partial charge on any atom is -0.343 e. The van der Waals surface area contributed by atoms with Gasteiger partial charge < -0.3 is 15.5 Å². The van der Waals surface area contributed by atoms with Crippen molar-refractivity contribution in [2.45, 2.75) is 19.0 Å². The summed E-state index contributed by atoms with van der Waals surface area (Å²) in [5, 5.41) is 4.95. The van der Waals surface area contributed by atoms with E-state index in [1.807, 2.05) is 0 Å². The van der Waals surface area contributed by atoms with Gasteiger partial charge >= 0.3 is 6.18 Å². The summed E-state index contributed by atoms with van der Waals surface area (Å²) in [6, 6.07) is 10.5. The number of amides is 3. The lowest BCUT2D eigenvalue weighted by Gasteiger charge is -2.16. The Labute approximate surface area is 164 Å². The lowest BCUT2D eigenvalue weighted by molar-refractivity contribution is -0.137. The standard InChI is InChI=1S/C20H18F3N3O3/c21-20(22,23)14-5-3-13(4-6-14)19(29)24-12-17(27)25-15-7-9-16(10-8-15)26-11-1-2-18(26)28/h3-10H,1-2,11-12H2,(H,24,29)(H,25,27). The van der Waals surface area contributed by atoms with Crippen molar-refractivity contribution >= 4 is 29.1 Å². The summed E-state index contributed by atoms with van der Waals surface area (Å²) in [6.45, 7) is 0.326. The molecule has 2 aromatic rings.